The largest absolute Gasteiger partial charge is 0.465 e. The molecule has 5 nitrogen and oxygen atoms in total. The number of rotatable bonds is 4. The summed E-state index contributed by atoms with van der Waals surface area (Å²) in [7, 11) is 2.97. The second kappa shape index (κ2) is 7.02. The SMILES string of the molecule is CNC(C)C(=O)Nc1c(Br)cc(Br)cc1C(=O)OC. The lowest BCUT2D eigenvalue weighted by atomic mass is 10.1. The first kappa shape index (κ1) is 16.1. The van der Waals surface area contributed by atoms with Gasteiger partial charge in [-0.3, -0.25) is 4.79 Å². The van der Waals surface area contributed by atoms with Gasteiger partial charge in [0.05, 0.1) is 24.4 Å². The van der Waals surface area contributed by atoms with Crippen LogP contribution in [0.2, 0.25) is 0 Å². The molecule has 0 aromatic heterocycles. The summed E-state index contributed by atoms with van der Waals surface area (Å²) in [5.41, 5.74) is 0.669. The lowest BCUT2D eigenvalue weighted by molar-refractivity contribution is -0.117. The number of nitrogens with one attached hydrogen (secondary N) is 2. The standard InChI is InChI=1S/C12H14Br2N2O3/c1-6(15-2)11(17)16-10-8(12(18)19-3)4-7(13)5-9(10)14/h4-6,15H,1-3H3,(H,16,17). The van der Waals surface area contributed by atoms with Crippen molar-refractivity contribution in [1.29, 1.82) is 0 Å². The number of esters is 1. The number of benzene rings is 1. The van der Waals surface area contributed by atoms with Crippen LogP contribution in [-0.4, -0.2) is 32.1 Å². The molecule has 1 amide bonds. The third-order valence-corrected chi connectivity index (χ3v) is 3.62. The van der Waals surface area contributed by atoms with Gasteiger partial charge in [0, 0.05) is 8.95 Å². The molecule has 0 aliphatic heterocycles. The highest BCUT2D eigenvalue weighted by atomic mass is 79.9. The van der Waals surface area contributed by atoms with Gasteiger partial charge in [-0.15, -0.1) is 0 Å². The van der Waals surface area contributed by atoms with Crippen molar-refractivity contribution in [2.75, 3.05) is 19.5 Å². The number of halogens is 2. The van der Waals surface area contributed by atoms with Crippen molar-refractivity contribution >= 4 is 49.4 Å². The predicted octanol–water partition coefficient (Wildman–Crippen LogP) is 2.54. The number of anilines is 1. The Hall–Kier alpha value is -0.920. The van der Waals surface area contributed by atoms with Gasteiger partial charge < -0.3 is 15.4 Å². The molecule has 1 aromatic rings. The van der Waals surface area contributed by atoms with Gasteiger partial charge in [0.15, 0.2) is 0 Å². The summed E-state index contributed by atoms with van der Waals surface area (Å²) in [6.45, 7) is 1.72. The van der Waals surface area contributed by atoms with Crippen molar-refractivity contribution in [2.24, 2.45) is 0 Å². The first-order valence-corrected chi connectivity index (χ1v) is 7.04. The maximum absolute atomic E-state index is 11.9. The highest BCUT2D eigenvalue weighted by Gasteiger charge is 2.19. The molecule has 19 heavy (non-hydrogen) atoms. The summed E-state index contributed by atoms with van der Waals surface area (Å²) in [5, 5.41) is 5.53. The normalized spacial score (nSPS) is 11.8. The van der Waals surface area contributed by atoms with Crippen molar-refractivity contribution in [3.05, 3.63) is 26.6 Å². The molecular formula is C12H14Br2N2O3. The van der Waals surface area contributed by atoms with E-state index in [1.165, 1.54) is 7.11 Å². The van der Waals surface area contributed by atoms with Crippen LogP contribution in [0.3, 0.4) is 0 Å². The lowest BCUT2D eigenvalue weighted by Gasteiger charge is -2.15. The van der Waals surface area contributed by atoms with Crippen LogP contribution in [0.4, 0.5) is 5.69 Å². The van der Waals surface area contributed by atoms with Crippen LogP contribution < -0.4 is 10.6 Å². The van der Waals surface area contributed by atoms with Gasteiger partial charge in [0.2, 0.25) is 5.91 Å². The molecule has 7 heteroatoms. The number of hydrogen-bond donors (Lipinski definition) is 2. The molecule has 0 fully saturated rings. The molecule has 2 N–H and O–H groups in total. The molecular weight excluding hydrogens is 380 g/mol. The fourth-order valence-electron chi connectivity index (χ4n) is 1.33. The third kappa shape index (κ3) is 4.02. The highest BCUT2D eigenvalue weighted by molar-refractivity contribution is 9.11. The van der Waals surface area contributed by atoms with Crippen LogP contribution in [-0.2, 0) is 9.53 Å². The van der Waals surface area contributed by atoms with E-state index in [9.17, 15) is 9.59 Å². The van der Waals surface area contributed by atoms with Gasteiger partial charge in [-0.1, -0.05) is 15.9 Å². The lowest BCUT2D eigenvalue weighted by Crippen LogP contribution is -2.36. The Balaban J connectivity index is 3.18. The van der Waals surface area contributed by atoms with E-state index in [-0.39, 0.29) is 17.5 Å². The van der Waals surface area contributed by atoms with E-state index in [0.717, 1.165) is 0 Å². The Morgan fingerprint density at radius 1 is 1.32 bits per heavy atom. The zero-order chi connectivity index (χ0) is 14.6. The summed E-state index contributed by atoms with van der Waals surface area (Å²) in [6, 6.07) is 2.96. The predicted molar refractivity (Wildman–Crippen MR) is 80.3 cm³/mol. The first-order chi connectivity index (χ1) is 8.90. The number of carbonyl (C=O) groups excluding carboxylic acids is 2. The Kier molecular flexibility index (Phi) is 5.96. The van der Waals surface area contributed by atoms with Crippen molar-refractivity contribution < 1.29 is 14.3 Å². The maximum atomic E-state index is 11.9. The van der Waals surface area contributed by atoms with Gasteiger partial charge in [-0.05, 0) is 42.0 Å². The van der Waals surface area contributed by atoms with Crippen LogP contribution in [0, 0.1) is 0 Å². The van der Waals surface area contributed by atoms with Crippen LogP contribution in [0.1, 0.15) is 17.3 Å². The van der Waals surface area contributed by atoms with E-state index in [1.54, 1.807) is 26.1 Å². The van der Waals surface area contributed by atoms with Gasteiger partial charge in [0.1, 0.15) is 0 Å². The molecule has 0 saturated carbocycles. The van der Waals surface area contributed by atoms with E-state index in [4.69, 9.17) is 4.74 Å². The number of likely N-dealkylation sites (N-methyl/N-ethyl adjacent to an activating group) is 1. The van der Waals surface area contributed by atoms with Gasteiger partial charge >= 0.3 is 5.97 Å². The summed E-state index contributed by atoms with van der Waals surface area (Å²) in [6.07, 6.45) is 0. The Morgan fingerprint density at radius 2 is 1.95 bits per heavy atom. The first-order valence-electron chi connectivity index (χ1n) is 5.46. The summed E-state index contributed by atoms with van der Waals surface area (Å²) in [4.78, 5) is 23.6. The monoisotopic (exact) mass is 392 g/mol. The van der Waals surface area contributed by atoms with E-state index in [0.29, 0.717) is 14.6 Å². The molecule has 0 bridgehead atoms. The van der Waals surface area contributed by atoms with Crippen LogP contribution >= 0.6 is 31.9 Å². The molecule has 1 atom stereocenters. The molecule has 104 valence electrons. The van der Waals surface area contributed by atoms with E-state index in [1.807, 2.05) is 0 Å². The van der Waals surface area contributed by atoms with E-state index in [2.05, 4.69) is 42.5 Å². The highest BCUT2D eigenvalue weighted by Crippen LogP contribution is 2.31. The smallest absolute Gasteiger partial charge is 0.340 e. The Bertz CT molecular complexity index is 506. The van der Waals surface area contributed by atoms with Crippen molar-refractivity contribution in [3.63, 3.8) is 0 Å². The summed E-state index contributed by atoms with van der Waals surface area (Å²) >= 11 is 6.61. The van der Waals surface area contributed by atoms with Crippen molar-refractivity contribution in [2.45, 2.75) is 13.0 Å². The zero-order valence-electron chi connectivity index (χ0n) is 10.7. The van der Waals surface area contributed by atoms with E-state index < -0.39 is 5.97 Å². The van der Waals surface area contributed by atoms with Crippen LogP contribution in [0.15, 0.2) is 21.1 Å². The average molecular weight is 394 g/mol. The molecule has 1 rings (SSSR count). The maximum Gasteiger partial charge on any atom is 0.340 e. The second-order valence-corrected chi connectivity index (χ2v) is 5.57. The Morgan fingerprint density at radius 3 is 2.47 bits per heavy atom. The number of amides is 1. The molecule has 0 saturated heterocycles. The molecule has 0 aliphatic rings. The second-order valence-electron chi connectivity index (χ2n) is 3.80. The molecule has 0 spiro atoms. The van der Waals surface area contributed by atoms with Crippen LogP contribution in [0.5, 0.6) is 0 Å². The number of ether oxygens (including phenoxy) is 1. The average Bonchev–Trinajstić information content (AvgIpc) is 2.39. The van der Waals surface area contributed by atoms with Crippen molar-refractivity contribution in [3.8, 4) is 0 Å². The topological polar surface area (TPSA) is 67.4 Å². The molecule has 0 aliphatic carbocycles. The quantitative estimate of drug-likeness (QED) is 0.771. The van der Waals surface area contributed by atoms with Gasteiger partial charge in [0.25, 0.3) is 0 Å². The van der Waals surface area contributed by atoms with E-state index >= 15 is 0 Å². The molecule has 0 radical (unpaired) electrons. The molecule has 1 aromatic carbocycles. The zero-order valence-corrected chi connectivity index (χ0v) is 13.9. The summed E-state index contributed by atoms with van der Waals surface area (Å²) < 4.78 is 6.01. The minimum absolute atomic E-state index is 0.240. The fraction of sp³-hybridized carbons (Fsp3) is 0.333. The summed E-state index contributed by atoms with van der Waals surface area (Å²) in [5.74, 6) is -0.759. The van der Waals surface area contributed by atoms with Gasteiger partial charge in [-0.2, -0.15) is 0 Å². The van der Waals surface area contributed by atoms with Gasteiger partial charge in [-0.25, -0.2) is 4.79 Å². The molecule has 0 heterocycles. The number of methoxy groups -OCH3 is 1. The number of carbonyl (C=O) groups is 2. The fourth-order valence-corrected chi connectivity index (χ4v) is 2.66. The Labute approximate surface area is 128 Å². The number of hydrogen-bond acceptors (Lipinski definition) is 4. The van der Waals surface area contributed by atoms with Crippen LogP contribution in [0.25, 0.3) is 0 Å². The minimum atomic E-state index is -0.519. The minimum Gasteiger partial charge on any atom is -0.465 e. The van der Waals surface area contributed by atoms with Crippen molar-refractivity contribution in [1.82, 2.24) is 5.32 Å². The third-order valence-electron chi connectivity index (χ3n) is 2.53. The molecule has 1 unspecified atom stereocenters.